The SMILES string of the molecule is COC(=O)C(C)(N)CCCCOc1cc(F)ccc1F. The average Bonchev–Trinajstić information content (AvgIpc) is 2.41. The van der Waals surface area contributed by atoms with E-state index in [9.17, 15) is 13.6 Å². The number of unbranched alkanes of at least 4 members (excludes halogenated alkanes) is 1. The molecule has 1 aromatic rings. The second-order valence-electron chi connectivity index (χ2n) is 4.79. The molecule has 2 N–H and O–H groups in total. The molecule has 4 nitrogen and oxygen atoms in total. The number of rotatable bonds is 7. The van der Waals surface area contributed by atoms with Crippen LogP contribution in [0.15, 0.2) is 18.2 Å². The maximum absolute atomic E-state index is 13.2. The van der Waals surface area contributed by atoms with Gasteiger partial charge in [0.1, 0.15) is 11.4 Å². The van der Waals surface area contributed by atoms with Crippen LogP contribution in [0, 0.1) is 11.6 Å². The molecule has 0 saturated heterocycles. The van der Waals surface area contributed by atoms with Gasteiger partial charge >= 0.3 is 5.97 Å². The lowest BCUT2D eigenvalue weighted by atomic mass is 9.96. The van der Waals surface area contributed by atoms with Crippen LogP contribution in [0.2, 0.25) is 0 Å². The number of methoxy groups -OCH3 is 1. The zero-order chi connectivity index (χ0) is 15.2. The zero-order valence-corrected chi connectivity index (χ0v) is 11.6. The van der Waals surface area contributed by atoms with Crippen molar-refractivity contribution < 1.29 is 23.0 Å². The highest BCUT2D eigenvalue weighted by Gasteiger charge is 2.28. The highest BCUT2D eigenvalue weighted by Crippen LogP contribution is 2.19. The zero-order valence-electron chi connectivity index (χ0n) is 11.6. The van der Waals surface area contributed by atoms with Crippen LogP contribution in [0.5, 0.6) is 5.75 Å². The van der Waals surface area contributed by atoms with E-state index in [0.29, 0.717) is 19.3 Å². The number of carbonyl (C=O) groups excluding carboxylic acids is 1. The summed E-state index contributed by atoms with van der Waals surface area (Å²) < 4.78 is 35.9. The standard InChI is InChI=1S/C14H19F2NO3/c1-14(17,13(18)19-2)7-3-4-8-20-12-9-10(15)5-6-11(12)16/h5-6,9H,3-4,7-8,17H2,1-2H3. The third kappa shape index (κ3) is 4.77. The van der Waals surface area contributed by atoms with Crippen molar-refractivity contribution in [1.82, 2.24) is 0 Å². The molecule has 0 aliphatic heterocycles. The van der Waals surface area contributed by atoms with E-state index in [2.05, 4.69) is 4.74 Å². The first-order valence-electron chi connectivity index (χ1n) is 6.32. The number of hydrogen-bond donors (Lipinski definition) is 1. The van der Waals surface area contributed by atoms with Crippen molar-refractivity contribution in [2.24, 2.45) is 5.73 Å². The summed E-state index contributed by atoms with van der Waals surface area (Å²) in [4.78, 5) is 11.3. The Balaban J connectivity index is 2.32. The van der Waals surface area contributed by atoms with Gasteiger partial charge in [0.05, 0.1) is 13.7 Å². The lowest BCUT2D eigenvalue weighted by molar-refractivity contribution is -0.146. The van der Waals surface area contributed by atoms with Crippen LogP contribution >= 0.6 is 0 Å². The molecular weight excluding hydrogens is 268 g/mol. The maximum atomic E-state index is 13.2. The molecule has 0 amide bonds. The molecule has 1 aromatic carbocycles. The summed E-state index contributed by atoms with van der Waals surface area (Å²) in [6.07, 6.45) is 1.60. The molecule has 0 aliphatic carbocycles. The fourth-order valence-corrected chi connectivity index (χ4v) is 1.70. The first-order chi connectivity index (χ1) is 9.36. The molecular formula is C14H19F2NO3. The normalized spacial score (nSPS) is 13.7. The molecule has 1 rings (SSSR count). The summed E-state index contributed by atoms with van der Waals surface area (Å²) in [5.41, 5.74) is 4.74. The van der Waals surface area contributed by atoms with Crippen LogP contribution in [0.25, 0.3) is 0 Å². The van der Waals surface area contributed by atoms with Crippen molar-refractivity contribution in [3.8, 4) is 5.75 Å². The molecule has 0 saturated carbocycles. The summed E-state index contributed by atoms with van der Waals surface area (Å²) in [6, 6.07) is 3.04. The molecule has 0 radical (unpaired) electrons. The molecule has 0 fully saturated rings. The minimum atomic E-state index is -1.04. The van der Waals surface area contributed by atoms with Crippen molar-refractivity contribution in [2.45, 2.75) is 31.7 Å². The van der Waals surface area contributed by atoms with Crippen LogP contribution in [0.4, 0.5) is 8.78 Å². The highest BCUT2D eigenvalue weighted by atomic mass is 19.1. The molecule has 1 atom stereocenters. The third-order valence-electron chi connectivity index (χ3n) is 2.89. The van der Waals surface area contributed by atoms with Crippen molar-refractivity contribution in [2.75, 3.05) is 13.7 Å². The topological polar surface area (TPSA) is 61.5 Å². The quantitative estimate of drug-likeness (QED) is 0.618. The van der Waals surface area contributed by atoms with Crippen molar-refractivity contribution in [1.29, 1.82) is 0 Å². The van der Waals surface area contributed by atoms with Gasteiger partial charge < -0.3 is 15.2 Å². The fourth-order valence-electron chi connectivity index (χ4n) is 1.70. The molecule has 0 spiro atoms. The molecule has 6 heteroatoms. The fraction of sp³-hybridized carbons (Fsp3) is 0.500. The number of nitrogens with two attached hydrogens (primary N) is 1. The lowest BCUT2D eigenvalue weighted by Crippen LogP contribution is -2.45. The number of esters is 1. The van der Waals surface area contributed by atoms with Crippen molar-refractivity contribution in [3.63, 3.8) is 0 Å². The van der Waals surface area contributed by atoms with E-state index in [-0.39, 0.29) is 12.4 Å². The first kappa shape index (κ1) is 16.4. The molecule has 20 heavy (non-hydrogen) atoms. The summed E-state index contributed by atoms with van der Waals surface area (Å²) in [5.74, 6) is -1.76. The van der Waals surface area contributed by atoms with Gasteiger partial charge in [0.15, 0.2) is 11.6 Å². The molecule has 112 valence electrons. The maximum Gasteiger partial charge on any atom is 0.325 e. The number of carbonyl (C=O) groups is 1. The Morgan fingerprint density at radius 3 is 2.70 bits per heavy atom. The Morgan fingerprint density at radius 2 is 2.05 bits per heavy atom. The third-order valence-corrected chi connectivity index (χ3v) is 2.89. The smallest absolute Gasteiger partial charge is 0.325 e. The number of halogens is 2. The van der Waals surface area contributed by atoms with Gasteiger partial charge in [-0.15, -0.1) is 0 Å². The van der Waals surface area contributed by atoms with Crippen molar-refractivity contribution in [3.05, 3.63) is 29.8 Å². The van der Waals surface area contributed by atoms with E-state index < -0.39 is 23.1 Å². The number of ether oxygens (including phenoxy) is 2. The lowest BCUT2D eigenvalue weighted by Gasteiger charge is -2.21. The molecule has 0 aliphatic rings. The van der Waals surface area contributed by atoms with Gasteiger partial charge in [-0.1, -0.05) is 0 Å². The number of benzene rings is 1. The molecule has 1 unspecified atom stereocenters. The second kappa shape index (κ2) is 7.19. The highest BCUT2D eigenvalue weighted by molar-refractivity contribution is 5.79. The van der Waals surface area contributed by atoms with E-state index in [4.69, 9.17) is 10.5 Å². The van der Waals surface area contributed by atoms with Crippen LogP contribution in [0.3, 0.4) is 0 Å². The number of hydrogen-bond acceptors (Lipinski definition) is 4. The molecule has 0 heterocycles. The minimum absolute atomic E-state index is 0.117. The summed E-state index contributed by atoms with van der Waals surface area (Å²) in [5, 5.41) is 0. The second-order valence-corrected chi connectivity index (χ2v) is 4.79. The first-order valence-corrected chi connectivity index (χ1v) is 6.32. The van der Waals surface area contributed by atoms with Crippen LogP contribution in [-0.4, -0.2) is 25.2 Å². The Bertz CT molecular complexity index is 464. The summed E-state index contributed by atoms with van der Waals surface area (Å²) >= 11 is 0. The van der Waals surface area contributed by atoms with Gasteiger partial charge in [-0.25, -0.2) is 8.78 Å². The van der Waals surface area contributed by atoms with Crippen molar-refractivity contribution >= 4 is 5.97 Å². The van der Waals surface area contributed by atoms with E-state index >= 15 is 0 Å². The average molecular weight is 287 g/mol. The Labute approximate surface area is 116 Å². The largest absolute Gasteiger partial charge is 0.490 e. The predicted molar refractivity (Wildman–Crippen MR) is 70.3 cm³/mol. The summed E-state index contributed by atoms with van der Waals surface area (Å²) in [7, 11) is 1.28. The van der Waals surface area contributed by atoms with Gasteiger partial charge in [-0.3, -0.25) is 4.79 Å². The molecule has 0 bridgehead atoms. The van der Waals surface area contributed by atoms with Gasteiger partial charge in [0.2, 0.25) is 0 Å². The minimum Gasteiger partial charge on any atom is -0.490 e. The monoisotopic (exact) mass is 287 g/mol. The predicted octanol–water partition coefficient (Wildman–Crippen LogP) is 2.40. The Hall–Kier alpha value is -1.69. The van der Waals surface area contributed by atoms with Gasteiger partial charge in [-0.2, -0.15) is 0 Å². The Kier molecular flexibility index (Phi) is 5.88. The van der Waals surface area contributed by atoms with E-state index in [1.54, 1.807) is 6.92 Å². The van der Waals surface area contributed by atoms with E-state index in [1.165, 1.54) is 7.11 Å². The molecule has 0 aromatic heterocycles. The van der Waals surface area contributed by atoms with Gasteiger partial charge in [-0.05, 0) is 38.3 Å². The van der Waals surface area contributed by atoms with Crippen LogP contribution in [-0.2, 0) is 9.53 Å². The van der Waals surface area contributed by atoms with Crippen LogP contribution < -0.4 is 10.5 Å². The van der Waals surface area contributed by atoms with Crippen LogP contribution in [0.1, 0.15) is 26.2 Å². The van der Waals surface area contributed by atoms with Gasteiger partial charge in [0.25, 0.3) is 0 Å². The summed E-state index contributed by atoms with van der Waals surface area (Å²) in [6.45, 7) is 1.81. The van der Waals surface area contributed by atoms with E-state index in [1.807, 2.05) is 0 Å². The van der Waals surface area contributed by atoms with Gasteiger partial charge in [0, 0.05) is 6.07 Å². The Morgan fingerprint density at radius 1 is 1.35 bits per heavy atom. The van der Waals surface area contributed by atoms with E-state index in [0.717, 1.165) is 18.2 Å².